The lowest BCUT2D eigenvalue weighted by Gasteiger charge is -2.12. The number of hydrogen-bond donors (Lipinski definition) is 0. The SMILES string of the molecule is CCOC(=O)c1ncc([N+](=O)[O-])c(OC(F)(F)F)c1I. The summed E-state index contributed by atoms with van der Waals surface area (Å²) in [7, 11) is 0. The number of nitrogens with zero attached hydrogens (tertiary/aromatic N) is 2. The second-order valence-electron chi connectivity index (χ2n) is 3.16. The molecule has 0 saturated carbocycles. The lowest BCUT2D eigenvalue weighted by molar-refractivity contribution is -0.389. The maximum atomic E-state index is 12.3. The number of pyridine rings is 1. The molecule has 0 saturated heterocycles. The molecule has 0 N–H and O–H groups in total. The molecule has 7 nitrogen and oxygen atoms in total. The fraction of sp³-hybridized carbons (Fsp3) is 0.333. The molecule has 0 spiro atoms. The van der Waals surface area contributed by atoms with E-state index in [2.05, 4.69) is 14.5 Å². The molecular weight excluding hydrogens is 400 g/mol. The van der Waals surface area contributed by atoms with E-state index in [4.69, 9.17) is 0 Å². The van der Waals surface area contributed by atoms with Gasteiger partial charge in [0.1, 0.15) is 6.20 Å². The molecule has 0 unspecified atom stereocenters. The molecule has 1 aromatic heterocycles. The van der Waals surface area contributed by atoms with Gasteiger partial charge in [-0.2, -0.15) is 0 Å². The van der Waals surface area contributed by atoms with Crippen LogP contribution in [0, 0.1) is 13.7 Å². The topological polar surface area (TPSA) is 91.6 Å². The summed E-state index contributed by atoms with van der Waals surface area (Å²) in [4.78, 5) is 24.5. The van der Waals surface area contributed by atoms with Crippen molar-refractivity contribution in [3.63, 3.8) is 0 Å². The van der Waals surface area contributed by atoms with Gasteiger partial charge in [0.05, 0.1) is 15.1 Å². The smallest absolute Gasteiger partial charge is 0.461 e. The van der Waals surface area contributed by atoms with Crippen molar-refractivity contribution in [1.82, 2.24) is 4.98 Å². The van der Waals surface area contributed by atoms with Crippen molar-refractivity contribution in [2.45, 2.75) is 13.3 Å². The van der Waals surface area contributed by atoms with Crippen molar-refractivity contribution in [2.75, 3.05) is 6.61 Å². The van der Waals surface area contributed by atoms with Crippen LogP contribution in [0.5, 0.6) is 5.75 Å². The Bertz CT molecular complexity index is 549. The van der Waals surface area contributed by atoms with Gasteiger partial charge >= 0.3 is 18.0 Å². The first kappa shape index (κ1) is 16.4. The van der Waals surface area contributed by atoms with Crippen LogP contribution < -0.4 is 4.74 Å². The summed E-state index contributed by atoms with van der Waals surface area (Å²) in [5.41, 5.74) is -1.49. The number of alkyl halides is 3. The molecule has 0 aliphatic heterocycles. The van der Waals surface area contributed by atoms with Gasteiger partial charge in [-0.25, -0.2) is 9.78 Å². The highest BCUT2D eigenvalue weighted by Crippen LogP contribution is 2.37. The van der Waals surface area contributed by atoms with E-state index in [1.807, 2.05) is 0 Å². The van der Waals surface area contributed by atoms with Crippen LogP contribution >= 0.6 is 22.6 Å². The largest absolute Gasteiger partial charge is 0.573 e. The maximum Gasteiger partial charge on any atom is 0.573 e. The van der Waals surface area contributed by atoms with Crippen LogP contribution in [0.2, 0.25) is 0 Å². The van der Waals surface area contributed by atoms with Crippen LogP contribution in [0.25, 0.3) is 0 Å². The number of carbonyl (C=O) groups excluding carboxylic acids is 1. The van der Waals surface area contributed by atoms with Gasteiger partial charge in [-0.05, 0) is 29.5 Å². The zero-order valence-corrected chi connectivity index (χ0v) is 11.9. The van der Waals surface area contributed by atoms with E-state index >= 15 is 0 Å². The summed E-state index contributed by atoms with van der Waals surface area (Å²) >= 11 is 1.30. The minimum absolute atomic E-state index is 0.0248. The second kappa shape index (κ2) is 6.19. The monoisotopic (exact) mass is 406 g/mol. The van der Waals surface area contributed by atoms with E-state index in [-0.39, 0.29) is 6.61 Å². The number of nitro groups is 1. The van der Waals surface area contributed by atoms with E-state index in [0.29, 0.717) is 6.20 Å². The summed E-state index contributed by atoms with van der Waals surface area (Å²) in [5, 5.41) is 10.7. The van der Waals surface area contributed by atoms with Crippen molar-refractivity contribution in [2.24, 2.45) is 0 Å². The highest BCUT2D eigenvalue weighted by atomic mass is 127. The van der Waals surface area contributed by atoms with Crippen molar-refractivity contribution >= 4 is 34.2 Å². The Balaban J connectivity index is 3.38. The van der Waals surface area contributed by atoms with Crippen LogP contribution in [0.3, 0.4) is 0 Å². The van der Waals surface area contributed by atoms with Gasteiger partial charge < -0.3 is 9.47 Å². The predicted molar refractivity (Wildman–Crippen MR) is 66.2 cm³/mol. The molecule has 1 heterocycles. The van der Waals surface area contributed by atoms with Gasteiger partial charge in [0, 0.05) is 0 Å². The Morgan fingerprint density at radius 3 is 2.60 bits per heavy atom. The Kier molecular flexibility index (Phi) is 5.08. The summed E-state index contributed by atoms with van der Waals surface area (Å²) in [6.07, 6.45) is -4.63. The molecule has 0 aromatic carbocycles. The van der Waals surface area contributed by atoms with Crippen molar-refractivity contribution in [1.29, 1.82) is 0 Å². The van der Waals surface area contributed by atoms with Gasteiger partial charge in [-0.3, -0.25) is 10.1 Å². The van der Waals surface area contributed by atoms with Crippen LogP contribution in [0.1, 0.15) is 17.4 Å². The first-order chi connectivity index (χ1) is 9.17. The third kappa shape index (κ3) is 3.91. The first-order valence-corrected chi connectivity index (χ1v) is 6.01. The average Bonchev–Trinajstić information content (AvgIpc) is 2.29. The molecule has 20 heavy (non-hydrogen) atoms. The molecule has 0 atom stereocenters. The molecule has 0 bridgehead atoms. The van der Waals surface area contributed by atoms with E-state index in [0.717, 1.165) is 0 Å². The van der Waals surface area contributed by atoms with Crippen molar-refractivity contribution in [3.8, 4) is 5.75 Å². The molecule has 11 heteroatoms. The zero-order valence-electron chi connectivity index (χ0n) is 9.73. The van der Waals surface area contributed by atoms with Crippen LogP contribution in [0.15, 0.2) is 6.20 Å². The van der Waals surface area contributed by atoms with Gasteiger partial charge in [0.15, 0.2) is 5.69 Å². The fourth-order valence-corrected chi connectivity index (χ4v) is 1.89. The Hall–Kier alpha value is -1.66. The molecule has 0 aliphatic rings. The van der Waals surface area contributed by atoms with E-state index in [1.165, 1.54) is 29.5 Å². The van der Waals surface area contributed by atoms with Crippen molar-refractivity contribution in [3.05, 3.63) is 25.6 Å². The molecule has 1 rings (SSSR count). The van der Waals surface area contributed by atoms with Crippen LogP contribution in [0.4, 0.5) is 18.9 Å². The summed E-state index contributed by atoms with van der Waals surface area (Å²) in [6, 6.07) is 0. The summed E-state index contributed by atoms with van der Waals surface area (Å²) < 4.78 is 44.5. The van der Waals surface area contributed by atoms with Gasteiger partial charge in [0.2, 0.25) is 5.75 Å². The first-order valence-electron chi connectivity index (χ1n) is 4.93. The summed E-state index contributed by atoms with van der Waals surface area (Å²) in [6.45, 7) is 1.46. The molecular formula is C9H6F3IN2O5. The van der Waals surface area contributed by atoms with Crippen molar-refractivity contribution < 1.29 is 32.4 Å². The fourth-order valence-electron chi connectivity index (χ4n) is 1.15. The molecule has 0 radical (unpaired) electrons. The number of esters is 1. The number of carbonyl (C=O) groups is 1. The van der Waals surface area contributed by atoms with E-state index in [9.17, 15) is 28.1 Å². The highest BCUT2D eigenvalue weighted by Gasteiger charge is 2.37. The number of rotatable bonds is 4. The Labute approximate surface area is 123 Å². The Morgan fingerprint density at radius 1 is 1.55 bits per heavy atom. The maximum absolute atomic E-state index is 12.3. The van der Waals surface area contributed by atoms with Gasteiger partial charge in [-0.1, -0.05) is 0 Å². The number of halogens is 4. The lowest BCUT2D eigenvalue weighted by atomic mass is 10.3. The summed E-state index contributed by atoms with van der Waals surface area (Å²) in [5.74, 6) is -2.10. The van der Waals surface area contributed by atoms with E-state index < -0.39 is 38.0 Å². The van der Waals surface area contributed by atoms with Crippen LogP contribution in [-0.2, 0) is 4.74 Å². The zero-order chi connectivity index (χ0) is 15.5. The predicted octanol–water partition coefficient (Wildman–Crippen LogP) is 2.67. The van der Waals surface area contributed by atoms with Gasteiger partial charge in [-0.15, -0.1) is 13.2 Å². The number of aromatic nitrogens is 1. The minimum Gasteiger partial charge on any atom is -0.461 e. The lowest BCUT2D eigenvalue weighted by Crippen LogP contribution is -2.20. The van der Waals surface area contributed by atoms with Gasteiger partial charge in [0.25, 0.3) is 0 Å². The normalized spacial score (nSPS) is 11.1. The average molecular weight is 406 g/mol. The molecule has 0 amide bonds. The number of hydrogen-bond acceptors (Lipinski definition) is 6. The highest BCUT2D eigenvalue weighted by molar-refractivity contribution is 14.1. The Morgan fingerprint density at radius 2 is 2.15 bits per heavy atom. The molecule has 1 aromatic rings. The third-order valence-corrected chi connectivity index (χ3v) is 2.84. The molecule has 0 fully saturated rings. The number of ether oxygens (including phenoxy) is 2. The standard InChI is InChI=1S/C9H6F3IN2O5/c1-2-19-8(16)6-5(13)7(20-9(10,11)12)4(3-14-6)15(17)18/h3H,2H2,1H3. The minimum atomic E-state index is -5.14. The second-order valence-corrected chi connectivity index (χ2v) is 4.24. The van der Waals surface area contributed by atoms with Crippen LogP contribution in [-0.4, -0.2) is 28.8 Å². The third-order valence-electron chi connectivity index (χ3n) is 1.84. The molecule has 0 aliphatic carbocycles. The van der Waals surface area contributed by atoms with E-state index in [1.54, 1.807) is 0 Å². The molecule has 110 valence electrons. The quantitative estimate of drug-likeness (QED) is 0.331.